The van der Waals surface area contributed by atoms with Gasteiger partial charge in [0, 0.05) is 16.8 Å². The summed E-state index contributed by atoms with van der Waals surface area (Å²) in [5, 5.41) is 4.68. The largest absolute Gasteiger partial charge is 0.459 e. The van der Waals surface area contributed by atoms with Crippen molar-refractivity contribution in [2.24, 2.45) is 0 Å². The van der Waals surface area contributed by atoms with Gasteiger partial charge in [-0.1, -0.05) is 29.8 Å². The Kier molecular flexibility index (Phi) is 3.83. The molecule has 2 nitrogen and oxygen atoms in total. The number of hydrogen-bond donors (Lipinski definition) is 1. The zero-order valence-corrected chi connectivity index (χ0v) is 13.0. The Morgan fingerprint density at radius 3 is 2.75 bits per heavy atom. The summed E-state index contributed by atoms with van der Waals surface area (Å²) in [6.07, 6.45) is 0. The van der Waals surface area contributed by atoms with Crippen molar-refractivity contribution in [2.45, 2.75) is 26.4 Å². The summed E-state index contributed by atoms with van der Waals surface area (Å²) >= 11 is 7.55. The lowest BCUT2D eigenvalue weighted by Gasteiger charge is -2.11. The van der Waals surface area contributed by atoms with E-state index in [0.29, 0.717) is 0 Å². The maximum absolute atomic E-state index is 5.97. The fourth-order valence-electron chi connectivity index (χ4n) is 2.40. The Balaban J connectivity index is 1.78. The van der Waals surface area contributed by atoms with E-state index in [1.807, 2.05) is 24.3 Å². The molecule has 0 saturated heterocycles. The van der Waals surface area contributed by atoms with Gasteiger partial charge in [0.25, 0.3) is 0 Å². The molecule has 0 radical (unpaired) electrons. The van der Waals surface area contributed by atoms with Crippen LogP contribution in [-0.4, -0.2) is 0 Å². The van der Waals surface area contributed by atoms with Gasteiger partial charge in [0.2, 0.25) is 0 Å². The summed E-state index contributed by atoms with van der Waals surface area (Å²) in [4.78, 5) is 1.23. The van der Waals surface area contributed by atoms with Gasteiger partial charge in [0.15, 0.2) is 0 Å². The van der Waals surface area contributed by atoms with E-state index in [2.05, 4.69) is 31.3 Å². The van der Waals surface area contributed by atoms with Crippen molar-refractivity contribution in [1.82, 2.24) is 5.32 Å². The standard InChI is InChI=1S/C16H16ClNOS/c1-10-13-5-3-4-6-14(13)19-16(10)11(2)18-9-12-7-8-15(17)20-12/h3-8,11,18H,9H2,1-2H3. The molecule has 0 fully saturated rings. The first-order chi connectivity index (χ1) is 9.65. The Hall–Kier alpha value is -1.29. The quantitative estimate of drug-likeness (QED) is 0.707. The van der Waals surface area contributed by atoms with Crippen LogP contribution in [-0.2, 0) is 6.54 Å². The lowest BCUT2D eigenvalue weighted by atomic mass is 10.1. The first kappa shape index (κ1) is 13.7. The summed E-state index contributed by atoms with van der Waals surface area (Å²) in [5.41, 5.74) is 2.16. The van der Waals surface area contributed by atoms with E-state index in [1.54, 1.807) is 11.3 Å². The van der Waals surface area contributed by atoms with Crippen molar-refractivity contribution < 1.29 is 4.42 Å². The summed E-state index contributed by atoms with van der Waals surface area (Å²) in [6, 6.07) is 12.3. The highest BCUT2D eigenvalue weighted by molar-refractivity contribution is 7.16. The van der Waals surface area contributed by atoms with E-state index in [-0.39, 0.29) is 6.04 Å². The average Bonchev–Trinajstić information content (AvgIpc) is 3.01. The summed E-state index contributed by atoms with van der Waals surface area (Å²) in [5.74, 6) is 1.01. The lowest BCUT2D eigenvalue weighted by Crippen LogP contribution is -2.17. The molecule has 2 aromatic heterocycles. The Morgan fingerprint density at radius 2 is 2.05 bits per heavy atom. The molecule has 2 heterocycles. The third-order valence-electron chi connectivity index (χ3n) is 3.49. The topological polar surface area (TPSA) is 25.2 Å². The Bertz CT molecular complexity index is 731. The SMILES string of the molecule is Cc1c(C(C)NCc2ccc(Cl)s2)oc2ccccc12. The predicted molar refractivity (Wildman–Crippen MR) is 85.5 cm³/mol. The molecule has 1 unspecified atom stereocenters. The van der Waals surface area contributed by atoms with Crippen LogP contribution in [0, 0.1) is 6.92 Å². The number of hydrogen-bond acceptors (Lipinski definition) is 3. The first-order valence-corrected chi connectivity index (χ1v) is 7.80. The van der Waals surface area contributed by atoms with Crippen LogP contribution in [0.2, 0.25) is 4.34 Å². The molecule has 0 aliphatic carbocycles. The van der Waals surface area contributed by atoms with E-state index < -0.39 is 0 Å². The van der Waals surface area contributed by atoms with Gasteiger partial charge in [0.1, 0.15) is 11.3 Å². The van der Waals surface area contributed by atoms with Gasteiger partial charge in [-0.25, -0.2) is 0 Å². The number of benzene rings is 1. The summed E-state index contributed by atoms with van der Waals surface area (Å²) in [7, 11) is 0. The second kappa shape index (κ2) is 5.60. The zero-order valence-electron chi connectivity index (χ0n) is 11.4. The molecule has 0 amide bonds. The molecule has 104 valence electrons. The minimum absolute atomic E-state index is 0.170. The monoisotopic (exact) mass is 305 g/mol. The average molecular weight is 306 g/mol. The molecular formula is C16H16ClNOS. The van der Waals surface area contributed by atoms with E-state index in [4.69, 9.17) is 16.0 Å². The molecule has 1 N–H and O–H groups in total. The summed E-state index contributed by atoms with van der Waals surface area (Å²) < 4.78 is 6.80. The Labute approximate surface area is 127 Å². The molecule has 4 heteroatoms. The maximum Gasteiger partial charge on any atom is 0.134 e. The molecule has 3 aromatic rings. The van der Waals surface area contributed by atoms with Gasteiger partial charge in [-0.3, -0.25) is 0 Å². The number of nitrogens with one attached hydrogen (secondary N) is 1. The number of halogens is 1. The number of rotatable bonds is 4. The van der Waals surface area contributed by atoms with Crippen molar-refractivity contribution in [2.75, 3.05) is 0 Å². The van der Waals surface area contributed by atoms with E-state index in [1.165, 1.54) is 15.8 Å². The molecule has 1 atom stereocenters. The highest BCUT2D eigenvalue weighted by Crippen LogP contribution is 2.29. The van der Waals surface area contributed by atoms with Crippen molar-refractivity contribution in [1.29, 1.82) is 0 Å². The highest BCUT2D eigenvalue weighted by atomic mass is 35.5. The third kappa shape index (κ3) is 2.62. The van der Waals surface area contributed by atoms with Crippen LogP contribution < -0.4 is 5.32 Å². The lowest BCUT2D eigenvalue weighted by molar-refractivity contribution is 0.449. The molecule has 1 aromatic carbocycles. The smallest absolute Gasteiger partial charge is 0.134 e. The second-order valence-electron chi connectivity index (χ2n) is 4.90. The van der Waals surface area contributed by atoms with Crippen LogP contribution in [0.3, 0.4) is 0 Å². The van der Waals surface area contributed by atoms with E-state index in [0.717, 1.165) is 22.2 Å². The molecule has 0 saturated carbocycles. The molecule has 0 spiro atoms. The molecular weight excluding hydrogens is 290 g/mol. The van der Waals surface area contributed by atoms with Crippen LogP contribution in [0.5, 0.6) is 0 Å². The minimum Gasteiger partial charge on any atom is -0.459 e. The van der Waals surface area contributed by atoms with Crippen LogP contribution in [0.1, 0.15) is 29.2 Å². The van der Waals surface area contributed by atoms with Crippen molar-refractivity contribution in [3.8, 4) is 0 Å². The maximum atomic E-state index is 5.97. The minimum atomic E-state index is 0.170. The van der Waals surface area contributed by atoms with Gasteiger partial charge >= 0.3 is 0 Å². The second-order valence-corrected chi connectivity index (χ2v) is 6.70. The number of furan rings is 1. The first-order valence-electron chi connectivity index (χ1n) is 6.61. The fourth-order valence-corrected chi connectivity index (χ4v) is 3.44. The Morgan fingerprint density at radius 1 is 1.25 bits per heavy atom. The highest BCUT2D eigenvalue weighted by Gasteiger charge is 2.16. The van der Waals surface area contributed by atoms with Crippen LogP contribution in [0.4, 0.5) is 0 Å². The molecule has 20 heavy (non-hydrogen) atoms. The van der Waals surface area contributed by atoms with Gasteiger partial charge < -0.3 is 9.73 Å². The summed E-state index contributed by atoms with van der Waals surface area (Å²) in [6.45, 7) is 5.04. The van der Waals surface area contributed by atoms with Gasteiger partial charge in [-0.15, -0.1) is 11.3 Å². The zero-order chi connectivity index (χ0) is 14.1. The van der Waals surface area contributed by atoms with Crippen LogP contribution in [0.25, 0.3) is 11.0 Å². The normalized spacial score (nSPS) is 12.9. The molecule has 3 rings (SSSR count). The van der Waals surface area contributed by atoms with Gasteiger partial charge in [0.05, 0.1) is 10.4 Å². The molecule has 0 aliphatic rings. The molecule has 0 bridgehead atoms. The fraction of sp³-hybridized carbons (Fsp3) is 0.250. The van der Waals surface area contributed by atoms with Crippen LogP contribution in [0.15, 0.2) is 40.8 Å². The predicted octanol–water partition coefficient (Wildman–Crippen LogP) is 5.31. The van der Waals surface area contributed by atoms with Crippen LogP contribution >= 0.6 is 22.9 Å². The number of para-hydroxylation sites is 1. The van der Waals surface area contributed by atoms with Gasteiger partial charge in [-0.2, -0.15) is 0 Å². The third-order valence-corrected chi connectivity index (χ3v) is 4.72. The van der Waals surface area contributed by atoms with Crippen molar-refractivity contribution in [3.05, 3.63) is 56.9 Å². The van der Waals surface area contributed by atoms with Gasteiger partial charge in [-0.05, 0) is 37.6 Å². The molecule has 0 aliphatic heterocycles. The van der Waals surface area contributed by atoms with E-state index in [9.17, 15) is 0 Å². The number of thiophene rings is 1. The van der Waals surface area contributed by atoms with Crippen molar-refractivity contribution in [3.63, 3.8) is 0 Å². The van der Waals surface area contributed by atoms with Crippen molar-refractivity contribution >= 4 is 33.9 Å². The van der Waals surface area contributed by atoms with E-state index >= 15 is 0 Å². The number of fused-ring (bicyclic) bond motifs is 1. The number of aryl methyl sites for hydroxylation is 1.